The minimum absolute atomic E-state index is 0.466. The van der Waals surface area contributed by atoms with E-state index in [0.29, 0.717) is 10.8 Å². The van der Waals surface area contributed by atoms with Crippen LogP contribution >= 0.6 is 22.7 Å². The lowest BCUT2D eigenvalue weighted by molar-refractivity contribution is 0.0702. The molecule has 1 aromatic carbocycles. The molecule has 0 bridgehead atoms. The maximum atomic E-state index is 12.3. The Hall–Kier alpha value is -2.72. The highest BCUT2D eigenvalue weighted by Gasteiger charge is 2.30. The third kappa shape index (κ3) is 5.43. The Morgan fingerprint density at radius 2 is 1.91 bits per heavy atom. The van der Waals surface area contributed by atoms with Gasteiger partial charge in [0, 0.05) is 34.5 Å². The van der Waals surface area contributed by atoms with E-state index in [-0.39, 0.29) is 0 Å². The molecule has 2 aliphatic rings. The first-order chi connectivity index (χ1) is 17.0. The molecule has 0 radical (unpaired) electrons. The van der Waals surface area contributed by atoms with E-state index >= 15 is 0 Å². The summed E-state index contributed by atoms with van der Waals surface area (Å²) in [6.07, 6.45) is 5.89. The summed E-state index contributed by atoms with van der Waals surface area (Å²) in [5, 5.41) is 12.0. The van der Waals surface area contributed by atoms with Crippen molar-refractivity contribution in [2.24, 2.45) is 11.8 Å². The third-order valence-electron chi connectivity index (χ3n) is 7.27. The molecule has 2 aromatic heterocycles. The van der Waals surface area contributed by atoms with Gasteiger partial charge < -0.3 is 10.0 Å². The van der Waals surface area contributed by atoms with Crippen LogP contribution in [0.15, 0.2) is 46.8 Å². The maximum Gasteiger partial charge on any atom is 0.346 e. The first kappa shape index (κ1) is 24.0. The number of hydrogen-bond donors (Lipinski definition) is 1. The standard InChI is InChI=1S/C29H30N2O2S2/c1-19-3-8-21(9-4-19)26-16-31(2)14-13-24(26)25-15-27(35-28(25)29(32)33)22-10-5-20(6-11-22)7-12-23-17-34-18-30-23/h5-6,10-11,15,17-19,21H,3-4,8-9,13-14,16H2,1-2H3,(H,32,33). The number of thiophene rings is 1. The molecule has 3 aromatic rings. The number of thiazole rings is 1. The molecule has 6 heteroatoms. The van der Waals surface area contributed by atoms with Gasteiger partial charge in [0.2, 0.25) is 0 Å². The van der Waals surface area contributed by atoms with Gasteiger partial charge in [0.15, 0.2) is 0 Å². The number of hydrogen-bond acceptors (Lipinski definition) is 5. The number of aromatic carboxylic acids is 1. The SMILES string of the molecule is CC1CCC(C2=C(c3cc(-c4ccc(C#Cc5cscn5)cc4)sc3C(=O)O)CCN(C)C2)CC1. The van der Waals surface area contributed by atoms with Crippen LogP contribution in [0.4, 0.5) is 0 Å². The Morgan fingerprint density at radius 3 is 2.60 bits per heavy atom. The summed E-state index contributed by atoms with van der Waals surface area (Å²) in [5.74, 6) is 6.77. The number of carbonyl (C=O) groups is 1. The van der Waals surface area contributed by atoms with Crippen molar-refractivity contribution in [1.82, 2.24) is 9.88 Å². The van der Waals surface area contributed by atoms with Crippen molar-refractivity contribution in [3.63, 3.8) is 0 Å². The molecule has 0 atom stereocenters. The fourth-order valence-corrected chi connectivity index (χ4v) is 6.78. The summed E-state index contributed by atoms with van der Waals surface area (Å²) in [6, 6.07) is 10.2. The quantitative estimate of drug-likeness (QED) is 0.395. The predicted molar refractivity (Wildman–Crippen MR) is 145 cm³/mol. The van der Waals surface area contributed by atoms with Crippen LogP contribution in [0.5, 0.6) is 0 Å². The summed E-state index contributed by atoms with van der Waals surface area (Å²) in [6.45, 7) is 4.27. The number of benzene rings is 1. The van der Waals surface area contributed by atoms with Crippen LogP contribution in [0, 0.1) is 23.7 Å². The van der Waals surface area contributed by atoms with E-state index < -0.39 is 5.97 Å². The lowest BCUT2D eigenvalue weighted by Gasteiger charge is -2.35. The average molecular weight is 503 g/mol. The third-order valence-corrected chi connectivity index (χ3v) is 9.03. The molecule has 1 aliphatic carbocycles. The average Bonchev–Trinajstić information content (AvgIpc) is 3.54. The van der Waals surface area contributed by atoms with Crippen molar-refractivity contribution < 1.29 is 9.90 Å². The maximum absolute atomic E-state index is 12.3. The molecule has 1 saturated carbocycles. The molecule has 3 heterocycles. The van der Waals surface area contributed by atoms with Crippen LogP contribution < -0.4 is 0 Å². The topological polar surface area (TPSA) is 53.4 Å². The molecule has 180 valence electrons. The van der Waals surface area contributed by atoms with Crippen LogP contribution in [0.3, 0.4) is 0 Å². The lowest BCUT2D eigenvalue weighted by atomic mass is 9.75. The molecule has 1 fully saturated rings. The van der Waals surface area contributed by atoms with E-state index in [2.05, 4.69) is 41.8 Å². The number of likely N-dealkylation sites (N-methyl/N-ethyl adjacent to an activating group) is 1. The number of rotatable bonds is 4. The van der Waals surface area contributed by atoms with Crippen LogP contribution in [0.1, 0.15) is 65.5 Å². The van der Waals surface area contributed by atoms with Gasteiger partial charge in [0.1, 0.15) is 10.6 Å². The molecule has 35 heavy (non-hydrogen) atoms. The summed E-state index contributed by atoms with van der Waals surface area (Å²) < 4.78 is 0. The van der Waals surface area contributed by atoms with E-state index in [0.717, 1.165) is 52.7 Å². The Balaban J connectivity index is 1.48. The highest BCUT2D eigenvalue weighted by molar-refractivity contribution is 7.17. The molecule has 5 rings (SSSR count). The molecule has 1 N–H and O–H groups in total. The van der Waals surface area contributed by atoms with E-state index in [1.54, 1.807) is 5.51 Å². The fraction of sp³-hybridized carbons (Fsp3) is 0.379. The number of aromatic nitrogens is 1. The normalized spacial score (nSPS) is 21.0. The summed E-state index contributed by atoms with van der Waals surface area (Å²) in [4.78, 5) is 20.4. The largest absolute Gasteiger partial charge is 0.477 e. The molecule has 1 aliphatic heterocycles. The van der Waals surface area contributed by atoms with E-state index in [9.17, 15) is 9.90 Å². The van der Waals surface area contributed by atoms with Crippen LogP contribution in [0.25, 0.3) is 16.0 Å². The van der Waals surface area contributed by atoms with E-state index in [1.165, 1.54) is 59.5 Å². The zero-order chi connectivity index (χ0) is 24.4. The Bertz CT molecular complexity index is 1280. The van der Waals surface area contributed by atoms with Crippen molar-refractivity contribution in [2.75, 3.05) is 20.1 Å². The predicted octanol–water partition coefficient (Wildman–Crippen LogP) is 6.89. The van der Waals surface area contributed by atoms with Crippen LogP contribution in [-0.2, 0) is 0 Å². The minimum atomic E-state index is -0.829. The highest BCUT2D eigenvalue weighted by Crippen LogP contribution is 2.43. The van der Waals surface area contributed by atoms with Crippen molar-refractivity contribution in [3.8, 4) is 22.3 Å². The molecule has 4 nitrogen and oxygen atoms in total. The zero-order valence-electron chi connectivity index (χ0n) is 20.2. The lowest BCUT2D eigenvalue weighted by Crippen LogP contribution is -2.31. The molecule has 0 saturated heterocycles. The van der Waals surface area contributed by atoms with E-state index in [4.69, 9.17) is 0 Å². The van der Waals surface area contributed by atoms with Crippen molar-refractivity contribution in [2.45, 2.75) is 39.0 Å². The Labute approximate surface area is 215 Å². The van der Waals surface area contributed by atoms with E-state index in [1.807, 2.05) is 29.6 Å². The smallest absolute Gasteiger partial charge is 0.346 e. The number of carboxylic acids is 1. The zero-order valence-corrected chi connectivity index (χ0v) is 21.8. The summed E-state index contributed by atoms with van der Waals surface area (Å²) >= 11 is 2.92. The van der Waals surface area contributed by atoms with Gasteiger partial charge in [-0.3, -0.25) is 0 Å². The van der Waals surface area contributed by atoms with Crippen molar-refractivity contribution in [1.29, 1.82) is 0 Å². The van der Waals surface area contributed by atoms with Crippen LogP contribution in [0.2, 0.25) is 0 Å². The molecule has 0 unspecified atom stereocenters. The summed E-state index contributed by atoms with van der Waals surface area (Å²) in [5.41, 5.74) is 8.21. The van der Waals surface area contributed by atoms with Gasteiger partial charge >= 0.3 is 5.97 Å². The minimum Gasteiger partial charge on any atom is -0.477 e. The van der Waals surface area contributed by atoms with Gasteiger partial charge in [-0.05, 0) is 79.0 Å². The van der Waals surface area contributed by atoms with Gasteiger partial charge in [-0.15, -0.1) is 22.7 Å². The number of nitrogens with zero attached hydrogens (tertiary/aromatic N) is 2. The molecule has 0 amide bonds. The number of carboxylic acid groups (broad SMARTS) is 1. The monoisotopic (exact) mass is 502 g/mol. The van der Waals surface area contributed by atoms with Gasteiger partial charge in [-0.25, -0.2) is 9.78 Å². The van der Waals surface area contributed by atoms with Crippen molar-refractivity contribution in [3.05, 3.63) is 68.5 Å². The molecular weight excluding hydrogens is 472 g/mol. The highest BCUT2D eigenvalue weighted by atomic mass is 32.1. The van der Waals surface area contributed by atoms with Gasteiger partial charge in [-0.1, -0.05) is 37.8 Å². The first-order valence-corrected chi connectivity index (χ1v) is 14.0. The van der Waals surface area contributed by atoms with Gasteiger partial charge in [0.25, 0.3) is 0 Å². The Morgan fingerprint density at radius 1 is 1.14 bits per heavy atom. The molecular formula is C29H30N2O2S2. The second kappa shape index (κ2) is 10.5. The molecule has 0 spiro atoms. The van der Waals surface area contributed by atoms with Crippen LogP contribution in [-0.4, -0.2) is 41.1 Å². The second-order valence-electron chi connectivity index (χ2n) is 9.81. The first-order valence-electron chi connectivity index (χ1n) is 12.3. The van der Waals surface area contributed by atoms with Crippen molar-refractivity contribution >= 4 is 34.2 Å². The summed E-state index contributed by atoms with van der Waals surface area (Å²) in [7, 11) is 2.18. The van der Waals surface area contributed by atoms with Gasteiger partial charge in [-0.2, -0.15) is 0 Å². The fourth-order valence-electron chi connectivity index (χ4n) is 5.26. The Kier molecular flexibility index (Phi) is 7.19. The van der Waals surface area contributed by atoms with Gasteiger partial charge in [0.05, 0.1) is 5.51 Å². The second-order valence-corrected chi connectivity index (χ2v) is 11.6.